The Balaban J connectivity index is 1.68. The number of aromatic nitrogens is 2. The van der Waals surface area contributed by atoms with E-state index in [1.54, 1.807) is 12.4 Å². The van der Waals surface area contributed by atoms with Gasteiger partial charge >= 0.3 is 0 Å². The van der Waals surface area contributed by atoms with Gasteiger partial charge in [0.15, 0.2) is 0 Å². The van der Waals surface area contributed by atoms with Crippen molar-refractivity contribution in [2.24, 2.45) is 5.41 Å². The first-order chi connectivity index (χ1) is 11.7. The Morgan fingerprint density at radius 3 is 2.56 bits per heavy atom. The average molecular weight is 431 g/mol. The first kappa shape index (κ1) is 19.4. The van der Waals surface area contributed by atoms with Crippen molar-refractivity contribution in [2.75, 3.05) is 24.6 Å². The SMILES string of the molecule is C[C@@H]1OCC2(CCN(c3cnc(Br)cn3)CC2)[C@@H]1N[S@+]([O-])C(C)(C)C. The van der Waals surface area contributed by atoms with E-state index in [9.17, 15) is 4.55 Å². The third-order valence-electron chi connectivity index (χ3n) is 5.24. The number of hydrogen-bond donors (Lipinski definition) is 1. The third-order valence-corrected chi connectivity index (χ3v) is 7.23. The molecule has 0 aliphatic carbocycles. The standard InChI is InChI=1S/C17H27BrN4O2S/c1-12-15(21-25(23)16(2,3)4)17(11-24-12)5-7-22(8-6-17)14-10-19-13(18)9-20-14/h9-10,12,15,21H,5-8,11H2,1-4H3/t12-,15+,25+/m0/s1. The molecule has 3 atom stereocenters. The molecule has 0 saturated carbocycles. The number of rotatable bonds is 3. The molecule has 3 rings (SSSR count). The molecular weight excluding hydrogens is 404 g/mol. The highest BCUT2D eigenvalue weighted by atomic mass is 79.9. The van der Waals surface area contributed by atoms with Crippen LogP contribution in [0.2, 0.25) is 0 Å². The number of piperidine rings is 1. The van der Waals surface area contributed by atoms with Crippen LogP contribution in [0.3, 0.4) is 0 Å². The van der Waals surface area contributed by atoms with Crippen molar-refractivity contribution in [2.45, 2.75) is 57.4 Å². The van der Waals surface area contributed by atoms with Crippen molar-refractivity contribution in [1.29, 1.82) is 0 Å². The third kappa shape index (κ3) is 4.13. The van der Waals surface area contributed by atoms with Gasteiger partial charge in [0.25, 0.3) is 0 Å². The summed E-state index contributed by atoms with van der Waals surface area (Å²) in [6, 6.07) is 0.116. The van der Waals surface area contributed by atoms with Gasteiger partial charge in [-0.05, 0) is 56.5 Å². The fraction of sp³-hybridized carbons (Fsp3) is 0.765. The Morgan fingerprint density at radius 2 is 2.00 bits per heavy atom. The summed E-state index contributed by atoms with van der Waals surface area (Å²) in [6.45, 7) is 10.6. The molecule has 2 aliphatic heterocycles. The van der Waals surface area contributed by atoms with Gasteiger partial charge in [0, 0.05) is 29.9 Å². The van der Waals surface area contributed by atoms with E-state index in [4.69, 9.17) is 4.74 Å². The average Bonchev–Trinajstić information content (AvgIpc) is 2.85. The molecule has 25 heavy (non-hydrogen) atoms. The van der Waals surface area contributed by atoms with E-state index in [1.807, 2.05) is 20.8 Å². The predicted molar refractivity (Wildman–Crippen MR) is 104 cm³/mol. The monoisotopic (exact) mass is 430 g/mol. The van der Waals surface area contributed by atoms with Gasteiger partial charge in [-0.25, -0.2) is 9.97 Å². The summed E-state index contributed by atoms with van der Waals surface area (Å²) in [5.74, 6) is 0.910. The summed E-state index contributed by atoms with van der Waals surface area (Å²) in [4.78, 5) is 11.0. The number of halogens is 1. The lowest BCUT2D eigenvalue weighted by Crippen LogP contribution is -2.56. The van der Waals surface area contributed by atoms with Gasteiger partial charge in [-0.2, -0.15) is 0 Å². The van der Waals surface area contributed by atoms with Crippen molar-refractivity contribution in [3.05, 3.63) is 17.0 Å². The Hall–Kier alpha value is -0.410. The van der Waals surface area contributed by atoms with Crippen LogP contribution in [-0.4, -0.2) is 51.1 Å². The van der Waals surface area contributed by atoms with Gasteiger partial charge in [-0.1, -0.05) is 0 Å². The van der Waals surface area contributed by atoms with Crippen molar-refractivity contribution < 1.29 is 9.29 Å². The van der Waals surface area contributed by atoms with E-state index in [2.05, 4.69) is 42.4 Å². The van der Waals surface area contributed by atoms with Crippen LogP contribution in [0, 0.1) is 5.41 Å². The molecule has 1 N–H and O–H groups in total. The fourth-order valence-corrected chi connectivity index (χ4v) is 4.83. The molecule has 0 aromatic carbocycles. The van der Waals surface area contributed by atoms with Crippen LogP contribution in [0.25, 0.3) is 0 Å². The molecule has 6 nitrogen and oxygen atoms in total. The zero-order chi connectivity index (χ0) is 18.2. The van der Waals surface area contributed by atoms with Gasteiger partial charge in [-0.15, -0.1) is 4.72 Å². The van der Waals surface area contributed by atoms with Crippen LogP contribution in [0.1, 0.15) is 40.5 Å². The normalized spacial score (nSPS) is 27.7. The Bertz CT molecular complexity index is 587. The van der Waals surface area contributed by atoms with Gasteiger partial charge in [-0.3, -0.25) is 0 Å². The van der Waals surface area contributed by atoms with Crippen molar-refractivity contribution in [1.82, 2.24) is 14.7 Å². The molecule has 1 spiro atoms. The van der Waals surface area contributed by atoms with Crippen molar-refractivity contribution >= 4 is 33.1 Å². The highest BCUT2D eigenvalue weighted by molar-refractivity contribution is 9.10. The molecule has 0 amide bonds. The first-order valence-corrected chi connectivity index (χ1v) is 10.7. The molecule has 2 fully saturated rings. The highest BCUT2D eigenvalue weighted by Crippen LogP contribution is 2.43. The number of ether oxygens (including phenoxy) is 1. The summed E-state index contributed by atoms with van der Waals surface area (Å²) in [5, 5.41) is 0. The van der Waals surface area contributed by atoms with E-state index >= 15 is 0 Å². The second kappa shape index (κ2) is 7.31. The minimum Gasteiger partial charge on any atom is -0.598 e. The molecule has 0 bridgehead atoms. The summed E-state index contributed by atoms with van der Waals surface area (Å²) in [5.41, 5.74) is 0.0413. The zero-order valence-corrected chi connectivity index (χ0v) is 17.7. The number of anilines is 1. The lowest BCUT2D eigenvalue weighted by molar-refractivity contribution is 0.0973. The molecule has 2 aliphatic rings. The lowest BCUT2D eigenvalue weighted by Gasteiger charge is -2.43. The minimum absolute atomic E-state index is 0.0413. The second-order valence-electron chi connectivity index (χ2n) is 8.04. The van der Waals surface area contributed by atoms with E-state index in [0.717, 1.165) is 43.0 Å². The molecule has 8 heteroatoms. The number of nitrogens with zero attached hydrogens (tertiary/aromatic N) is 3. The van der Waals surface area contributed by atoms with Crippen molar-refractivity contribution in [3.8, 4) is 0 Å². The van der Waals surface area contributed by atoms with Crippen molar-refractivity contribution in [3.63, 3.8) is 0 Å². The molecule has 2 saturated heterocycles. The Kier molecular flexibility index (Phi) is 5.66. The molecule has 1 aromatic heterocycles. The van der Waals surface area contributed by atoms with Crippen LogP contribution in [0.15, 0.2) is 17.0 Å². The molecule has 3 heterocycles. The molecule has 1 aromatic rings. The Morgan fingerprint density at radius 1 is 1.32 bits per heavy atom. The molecule has 0 unspecified atom stereocenters. The first-order valence-electron chi connectivity index (χ1n) is 8.73. The molecule has 140 valence electrons. The second-order valence-corrected chi connectivity index (χ2v) is 10.8. The van der Waals surface area contributed by atoms with Gasteiger partial charge in [0.1, 0.15) is 15.2 Å². The van der Waals surface area contributed by atoms with Gasteiger partial charge < -0.3 is 14.2 Å². The van der Waals surface area contributed by atoms with E-state index < -0.39 is 11.4 Å². The van der Waals surface area contributed by atoms with E-state index in [1.165, 1.54) is 0 Å². The maximum absolute atomic E-state index is 12.6. The van der Waals surface area contributed by atoms with Crippen LogP contribution in [0.5, 0.6) is 0 Å². The van der Waals surface area contributed by atoms with Crippen LogP contribution >= 0.6 is 15.9 Å². The topological polar surface area (TPSA) is 73.3 Å². The van der Waals surface area contributed by atoms with Crippen LogP contribution in [0.4, 0.5) is 5.82 Å². The summed E-state index contributed by atoms with van der Waals surface area (Å²) >= 11 is 2.23. The predicted octanol–water partition coefficient (Wildman–Crippen LogP) is 2.66. The lowest BCUT2D eigenvalue weighted by atomic mass is 9.73. The molecular formula is C17H27BrN4O2S. The zero-order valence-electron chi connectivity index (χ0n) is 15.3. The largest absolute Gasteiger partial charge is 0.598 e. The maximum Gasteiger partial charge on any atom is 0.147 e. The molecule has 0 radical (unpaired) electrons. The van der Waals surface area contributed by atoms with E-state index in [-0.39, 0.29) is 22.3 Å². The fourth-order valence-electron chi connectivity index (χ4n) is 3.60. The maximum atomic E-state index is 12.6. The number of hydrogen-bond acceptors (Lipinski definition) is 6. The van der Waals surface area contributed by atoms with E-state index in [0.29, 0.717) is 0 Å². The highest BCUT2D eigenvalue weighted by Gasteiger charge is 2.52. The van der Waals surface area contributed by atoms with Crippen LogP contribution in [-0.2, 0) is 16.1 Å². The van der Waals surface area contributed by atoms with Gasteiger partial charge in [0.2, 0.25) is 0 Å². The number of nitrogens with one attached hydrogen (secondary N) is 1. The smallest absolute Gasteiger partial charge is 0.147 e. The summed E-state index contributed by atoms with van der Waals surface area (Å²) < 4.78 is 22.5. The van der Waals surface area contributed by atoms with Crippen LogP contribution < -0.4 is 9.62 Å². The Labute approximate surface area is 161 Å². The summed E-state index contributed by atoms with van der Waals surface area (Å²) in [6.07, 6.45) is 5.60. The summed E-state index contributed by atoms with van der Waals surface area (Å²) in [7, 11) is 0. The quantitative estimate of drug-likeness (QED) is 0.742. The van der Waals surface area contributed by atoms with Gasteiger partial charge in [0.05, 0.1) is 31.1 Å². The minimum atomic E-state index is -1.09.